The van der Waals surface area contributed by atoms with Gasteiger partial charge in [-0.1, -0.05) is 30.3 Å². The highest BCUT2D eigenvalue weighted by Crippen LogP contribution is 2.28. The Morgan fingerprint density at radius 1 is 1.08 bits per heavy atom. The Balaban J connectivity index is 1.49. The van der Waals surface area contributed by atoms with Crippen LogP contribution in [-0.4, -0.2) is 28.4 Å². The molecule has 128 valence electrons. The molecule has 26 heavy (non-hydrogen) atoms. The van der Waals surface area contributed by atoms with Crippen molar-refractivity contribution in [2.24, 2.45) is 0 Å². The van der Waals surface area contributed by atoms with Crippen LogP contribution in [0.25, 0.3) is 11.4 Å². The predicted octanol–water partition coefficient (Wildman–Crippen LogP) is 2.73. The van der Waals surface area contributed by atoms with Crippen LogP contribution in [0.4, 0.5) is 11.4 Å². The molecule has 7 nitrogen and oxygen atoms in total. The van der Waals surface area contributed by atoms with Crippen molar-refractivity contribution < 1.29 is 14.3 Å². The minimum Gasteiger partial charge on any atom is -0.482 e. The third-order valence-electron chi connectivity index (χ3n) is 3.82. The van der Waals surface area contributed by atoms with Crippen molar-refractivity contribution in [3.05, 3.63) is 66.5 Å². The molecule has 0 aliphatic carbocycles. The van der Waals surface area contributed by atoms with Gasteiger partial charge in [-0.2, -0.15) is 0 Å². The largest absolute Gasteiger partial charge is 0.482 e. The third-order valence-corrected chi connectivity index (χ3v) is 3.82. The standard InChI is InChI=1S/C19H14N4O3/c24-17-11-26-16-8-13(6-7-15(16)23-17)19(25)22-14-9-20-18(21-10-14)12-4-2-1-3-5-12/h1-10H,11H2,(H,22,25)(H,23,24). The van der Waals surface area contributed by atoms with Crippen LogP contribution in [0.15, 0.2) is 60.9 Å². The molecule has 0 spiro atoms. The fourth-order valence-corrected chi connectivity index (χ4v) is 2.55. The Morgan fingerprint density at radius 3 is 2.62 bits per heavy atom. The molecule has 0 fully saturated rings. The molecule has 2 amide bonds. The number of hydrogen-bond donors (Lipinski definition) is 2. The van der Waals surface area contributed by atoms with E-state index in [2.05, 4.69) is 20.6 Å². The summed E-state index contributed by atoms with van der Waals surface area (Å²) in [5, 5.41) is 5.43. The smallest absolute Gasteiger partial charge is 0.262 e. The lowest BCUT2D eigenvalue weighted by Crippen LogP contribution is -2.25. The minimum absolute atomic E-state index is 0.0626. The van der Waals surface area contributed by atoms with E-state index in [9.17, 15) is 9.59 Å². The summed E-state index contributed by atoms with van der Waals surface area (Å²) in [6, 6.07) is 14.4. The average Bonchev–Trinajstić information content (AvgIpc) is 2.69. The SMILES string of the molecule is O=C1COc2cc(C(=O)Nc3cnc(-c4ccccc4)nc3)ccc2N1. The van der Waals surface area contributed by atoms with Gasteiger partial charge in [0, 0.05) is 11.1 Å². The van der Waals surface area contributed by atoms with Gasteiger partial charge in [0.05, 0.1) is 23.8 Å². The van der Waals surface area contributed by atoms with Crippen LogP contribution in [0.3, 0.4) is 0 Å². The summed E-state index contributed by atoms with van der Waals surface area (Å²) in [6.07, 6.45) is 3.12. The summed E-state index contributed by atoms with van der Waals surface area (Å²) < 4.78 is 5.32. The van der Waals surface area contributed by atoms with Crippen molar-refractivity contribution in [3.63, 3.8) is 0 Å². The lowest BCUT2D eigenvalue weighted by molar-refractivity contribution is -0.118. The molecule has 2 N–H and O–H groups in total. The number of hydrogen-bond acceptors (Lipinski definition) is 5. The number of rotatable bonds is 3. The van der Waals surface area contributed by atoms with Gasteiger partial charge in [-0.3, -0.25) is 9.59 Å². The Hall–Kier alpha value is -3.74. The van der Waals surface area contributed by atoms with E-state index >= 15 is 0 Å². The van der Waals surface area contributed by atoms with Crippen molar-refractivity contribution in [1.29, 1.82) is 0 Å². The maximum absolute atomic E-state index is 12.4. The first-order valence-corrected chi connectivity index (χ1v) is 7.94. The third kappa shape index (κ3) is 3.23. The molecule has 3 aromatic rings. The van der Waals surface area contributed by atoms with Gasteiger partial charge >= 0.3 is 0 Å². The minimum atomic E-state index is -0.315. The van der Waals surface area contributed by atoms with Gasteiger partial charge in [-0.05, 0) is 18.2 Å². The summed E-state index contributed by atoms with van der Waals surface area (Å²) in [7, 11) is 0. The second kappa shape index (κ2) is 6.64. The quantitative estimate of drug-likeness (QED) is 0.761. The van der Waals surface area contributed by atoms with Crippen LogP contribution in [0.1, 0.15) is 10.4 Å². The van der Waals surface area contributed by atoms with Crippen LogP contribution in [-0.2, 0) is 4.79 Å². The molecule has 2 heterocycles. The monoisotopic (exact) mass is 346 g/mol. The summed E-state index contributed by atoms with van der Waals surface area (Å²) in [4.78, 5) is 32.2. The van der Waals surface area contributed by atoms with Crippen molar-refractivity contribution in [3.8, 4) is 17.1 Å². The van der Waals surface area contributed by atoms with Gasteiger partial charge in [0.2, 0.25) is 0 Å². The van der Waals surface area contributed by atoms with Gasteiger partial charge < -0.3 is 15.4 Å². The molecular weight excluding hydrogens is 332 g/mol. The Bertz CT molecular complexity index is 972. The number of fused-ring (bicyclic) bond motifs is 1. The molecule has 0 unspecified atom stereocenters. The van der Waals surface area contributed by atoms with Crippen molar-refractivity contribution in [2.45, 2.75) is 0 Å². The number of nitrogens with one attached hydrogen (secondary N) is 2. The zero-order valence-corrected chi connectivity index (χ0v) is 13.6. The van der Waals surface area contributed by atoms with Gasteiger partial charge in [0.25, 0.3) is 11.8 Å². The Morgan fingerprint density at radius 2 is 1.85 bits per heavy atom. The first kappa shape index (κ1) is 15.8. The van der Waals surface area contributed by atoms with E-state index in [4.69, 9.17) is 4.74 Å². The number of carbonyl (C=O) groups excluding carboxylic acids is 2. The van der Waals surface area contributed by atoms with Crippen LogP contribution in [0, 0.1) is 0 Å². The lowest BCUT2D eigenvalue weighted by Gasteiger charge is -2.18. The van der Waals surface area contributed by atoms with Crippen LogP contribution < -0.4 is 15.4 Å². The molecule has 0 atom stereocenters. The first-order chi connectivity index (χ1) is 12.7. The molecule has 1 aliphatic heterocycles. The summed E-state index contributed by atoms with van der Waals surface area (Å²) in [5.41, 5.74) is 2.35. The molecular formula is C19H14N4O3. The molecule has 2 aromatic carbocycles. The normalized spacial score (nSPS) is 12.5. The number of ether oxygens (including phenoxy) is 1. The number of benzene rings is 2. The molecule has 0 saturated heterocycles. The van der Waals surface area contributed by atoms with E-state index in [0.717, 1.165) is 5.56 Å². The maximum Gasteiger partial charge on any atom is 0.262 e. The summed E-state index contributed by atoms with van der Waals surface area (Å²) in [6.45, 7) is -0.0626. The number of carbonyl (C=O) groups is 2. The van der Waals surface area contributed by atoms with E-state index in [0.29, 0.717) is 28.5 Å². The number of anilines is 2. The fraction of sp³-hybridized carbons (Fsp3) is 0.0526. The van der Waals surface area contributed by atoms with Crippen molar-refractivity contribution in [2.75, 3.05) is 17.2 Å². The maximum atomic E-state index is 12.4. The molecule has 0 saturated carbocycles. The molecule has 0 bridgehead atoms. The summed E-state index contributed by atoms with van der Waals surface area (Å²) >= 11 is 0. The van der Waals surface area contributed by atoms with Gasteiger partial charge in [-0.25, -0.2) is 9.97 Å². The zero-order chi connectivity index (χ0) is 17.9. The van der Waals surface area contributed by atoms with Gasteiger partial charge in [-0.15, -0.1) is 0 Å². The highest BCUT2D eigenvalue weighted by atomic mass is 16.5. The highest BCUT2D eigenvalue weighted by Gasteiger charge is 2.18. The summed E-state index contributed by atoms with van der Waals surface area (Å²) in [5.74, 6) is 0.518. The van der Waals surface area contributed by atoms with Gasteiger partial charge in [0.1, 0.15) is 5.75 Å². The topological polar surface area (TPSA) is 93.2 Å². The van der Waals surface area contributed by atoms with Crippen molar-refractivity contribution in [1.82, 2.24) is 9.97 Å². The van der Waals surface area contributed by atoms with Crippen LogP contribution in [0.2, 0.25) is 0 Å². The lowest BCUT2D eigenvalue weighted by atomic mass is 10.1. The molecule has 1 aliphatic rings. The molecule has 0 radical (unpaired) electrons. The van der Waals surface area contributed by atoms with E-state index < -0.39 is 0 Å². The Labute approximate surface area is 149 Å². The zero-order valence-electron chi connectivity index (χ0n) is 13.6. The second-order valence-electron chi connectivity index (χ2n) is 5.66. The highest BCUT2D eigenvalue weighted by molar-refractivity contribution is 6.05. The van der Waals surface area contributed by atoms with E-state index in [1.165, 1.54) is 0 Å². The van der Waals surface area contributed by atoms with Crippen LogP contribution >= 0.6 is 0 Å². The first-order valence-electron chi connectivity index (χ1n) is 7.94. The molecule has 4 rings (SSSR count). The number of aromatic nitrogens is 2. The number of amides is 2. The Kier molecular flexibility index (Phi) is 4.03. The fourth-order valence-electron chi connectivity index (χ4n) is 2.55. The van der Waals surface area contributed by atoms with Crippen LogP contribution in [0.5, 0.6) is 5.75 Å². The predicted molar refractivity (Wildman–Crippen MR) is 96.0 cm³/mol. The average molecular weight is 346 g/mol. The molecule has 7 heteroatoms. The number of nitrogens with zero attached hydrogens (tertiary/aromatic N) is 2. The second-order valence-corrected chi connectivity index (χ2v) is 5.66. The van der Waals surface area contributed by atoms with Gasteiger partial charge in [0.15, 0.2) is 12.4 Å². The van der Waals surface area contributed by atoms with Crippen molar-refractivity contribution >= 4 is 23.2 Å². The van der Waals surface area contributed by atoms with E-state index in [1.54, 1.807) is 30.6 Å². The van der Waals surface area contributed by atoms with E-state index in [1.807, 2.05) is 30.3 Å². The molecule has 1 aromatic heterocycles. The van der Waals surface area contributed by atoms with E-state index in [-0.39, 0.29) is 18.4 Å².